The van der Waals surface area contributed by atoms with E-state index in [1.165, 1.54) is 23.9 Å². The van der Waals surface area contributed by atoms with Crippen LogP contribution >= 0.6 is 11.8 Å². The van der Waals surface area contributed by atoms with E-state index in [0.717, 1.165) is 5.56 Å². The van der Waals surface area contributed by atoms with Crippen molar-refractivity contribution in [1.29, 1.82) is 0 Å². The van der Waals surface area contributed by atoms with Crippen LogP contribution in [0.15, 0.2) is 24.3 Å². The van der Waals surface area contributed by atoms with Gasteiger partial charge in [-0.1, -0.05) is 12.1 Å². The van der Waals surface area contributed by atoms with E-state index in [4.69, 9.17) is 10.8 Å². The van der Waals surface area contributed by atoms with Crippen LogP contribution in [-0.2, 0) is 30.4 Å². The number of carboxylic acid groups (broad SMARTS) is 2. The number of nitrogens with one attached hydrogen (secondary N) is 3. The molecule has 0 bridgehead atoms. The van der Waals surface area contributed by atoms with Gasteiger partial charge in [-0.05, 0) is 49.0 Å². The molecule has 1 aromatic carbocycles. The first-order chi connectivity index (χ1) is 16.0. The summed E-state index contributed by atoms with van der Waals surface area (Å²) in [7, 11) is 0. The van der Waals surface area contributed by atoms with Crippen LogP contribution in [0.25, 0.3) is 0 Å². The molecule has 0 saturated carbocycles. The fraction of sp³-hybridized carbons (Fsp3) is 0.476. The van der Waals surface area contributed by atoms with Crippen molar-refractivity contribution in [2.45, 2.75) is 43.8 Å². The van der Waals surface area contributed by atoms with E-state index >= 15 is 0 Å². The number of hydrogen-bond acceptors (Lipinski definition) is 8. The number of phenols is 1. The van der Waals surface area contributed by atoms with Gasteiger partial charge < -0.3 is 37.0 Å². The zero-order chi connectivity index (χ0) is 25.7. The third-order valence-corrected chi connectivity index (χ3v) is 5.32. The highest BCUT2D eigenvalue weighted by molar-refractivity contribution is 7.98. The molecular weight excluding hydrogens is 468 g/mol. The first-order valence-corrected chi connectivity index (χ1v) is 11.8. The first kappa shape index (κ1) is 28.7. The van der Waals surface area contributed by atoms with Crippen LogP contribution in [0.2, 0.25) is 0 Å². The van der Waals surface area contributed by atoms with Crippen molar-refractivity contribution in [3.63, 3.8) is 0 Å². The molecule has 0 aliphatic carbocycles. The molecule has 3 atom stereocenters. The molecule has 3 amide bonds. The third kappa shape index (κ3) is 11.0. The predicted octanol–water partition coefficient (Wildman–Crippen LogP) is -0.950. The van der Waals surface area contributed by atoms with Crippen LogP contribution in [0.1, 0.15) is 24.8 Å². The average molecular weight is 499 g/mol. The molecule has 188 valence electrons. The summed E-state index contributed by atoms with van der Waals surface area (Å²) in [6, 6.07) is 2.71. The van der Waals surface area contributed by atoms with Gasteiger partial charge in [0.15, 0.2) is 0 Å². The molecule has 0 aliphatic heterocycles. The molecule has 3 unspecified atom stereocenters. The zero-order valence-electron chi connectivity index (χ0n) is 18.7. The Balaban J connectivity index is 2.63. The quantitative estimate of drug-likeness (QED) is 0.158. The lowest BCUT2D eigenvalue weighted by molar-refractivity contribution is -0.143. The highest BCUT2D eigenvalue weighted by Crippen LogP contribution is 2.11. The summed E-state index contributed by atoms with van der Waals surface area (Å²) in [5.41, 5.74) is 6.57. The lowest BCUT2D eigenvalue weighted by Crippen LogP contribution is -2.54. The predicted molar refractivity (Wildman–Crippen MR) is 124 cm³/mol. The molecule has 0 spiro atoms. The maximum atomic E-state index is 12.5. The average Bonchev–Trinajstić information content (AvgIpc) is 2.78. The summed E-state index contributed by atoms with van der Waals surface area (Å²) >= 11 is 1.41. The van der Waals surface area contributed by atoms with Gasteiger partial charge in [0.25, 0.3) is 0 Å². The van der Waals surface area contributed by atoms with Crippen molar-refractivity contribution in [2.75, 3.05) is 18.6 Å². The normalized spacial score (nSPS) is 13.2. The number of hydrogen-bond donors (Lipinski definition) is 7. The van der Waals surface area contributed by atoms with Crippen molar-refractivity contribution < 1.29 is 39.3 Å². The smallest absolute Gasteiger partial charge is 0.326 e. The van der Waals surface area contributed by atoms with E-state index in [9.17, 15) is 34.2 Å². The lowest BCUT2D eigenvalue weighted by atomic mass is 10.1. The summed E-state index contributed by atoms with van der Waals surface area (Å²) in [6.45, 7) is -0.452. The van der Waals surface area contributed by atoms with Gasteiger partial charge in [0.2, 0.25) is 17.7 Å². The fourth-order valence-corrected chi connectivity index (χ4v) is 3.30. The van der Waals surface area contributed by atoms with Crippen molar-refractivity contribution in [3.8, 4) is 5.75 Å². The van der Waals surface area contributed by atoms with Gasteiger partial charge in [-0.15, -0.1) is 0 Å². The van der Waals surface area contributed by atoms with Gasteiger partial charge in [-0.25, -0.2) is 4.79 Å². The molecular formula is C21H30N4O8S. The van der Waals surface area contributed by atoms with Crippen molar-refractivity contribution in [3.05, 3.63) is 29.8 Å². The highest BCUT2D eigenvalue weighted by Gasteiger charge is 2.27. The second kappa shape index (κ2) is 14.8. The number of benzene rings is 1. The molecule has 0 heterocycles. The van der Waals surface area contributed by atoms with Crippen molar-refractivity contribution in [2.24, 2.45) is 5.73 Å². The first-order valence-electron chi connectivity index (χ1n) is 10.4. The summed E-state index contributed by atoms with van der Waals surface area (Å²) in [6.07, 6.45) is 1.40. The standard InChI is InChI=1S/C21H30N4O8S/c1-34-9-8-15(20(31)25-16(21(32)33)6-7-18(28)29)24-17(27)11-23-19(30)14(22)10-12-2-4-13(26)5-3-12/h2-5,14-16,26H,6-11,22H2,1H3,(H,23,30)(H,24,27)(H,25,31)(H,28,29)(H,32,33). The van der Waals surface area contributed by atoms with Crippen LogP contribution in [0.5, 0.6) is 5.75 Å². The summed E-state index contributed by atoms with van der Waals surface area (Å²) in [4.78, 5) is 59.1. The maximum Gasteiger partial charge on any atom is 0.326 e. The van der Waals surface area contributed by atoms with Crippen LogP contribution < -0.4 is 21.7 Å². The van der Waals surface area contributed by atoms with Gasteiger partial charge in [-0.2, -0.15) is 11.8 Å². The van der Waals surface area contributed by atoms with Crippen molar-refractivity contribution in [1.82, 2.24) is 16.0 Å². The second-order valence-corrected chi connectivity index (χ2v) is 8.41. The SMILES string of the molecule is CSCCC(NC(=O)CNC(=O)C(N)Cc1ccc(O)cc1)C(=O)NC(CCC(=O)O)C(=O)O. The summed E-state index contributed by atoms with van der Waals surface area (Å²) in [5, 5.41) is 34.3. The number of amides is 3. The number of aliphatic carboxylic acids is 2. The molecule has 8 N–H and O–H groups in total. The Hall–Kier alpha value is -3.32. The number of carboxylic acids is 2. The Morgan fingerprint density at radius 1 is 0.971 bits per heavy atom. The number of nitrogens with two attached hydrogens (primary N) is 1. The van der Waals surface area contributed by atoms with Crippen LogP contribution in [-0.4, -0.2) is 81.7 Å². The molecule has 0 saturated heterocycles. The topological polar surface area (TPSA) is 208 Å². The number of rotatable bonds is 15. The largest absolute Gasteiger partial charge is 0.508 e. The second-order valence-electron chi connectivity index (χ2n) is 7.43. The van der Waals surface area contributed by atoms with Crippen LogP contribution in [0, 0.1) is 0 Å². The molecule has 13 heteroatoms. The molecule has 1 aromatic rings. The summed E-state index contributed by atoms with van der Waals surface area (Å²) < 4.78 is 0. The highest BCUT2D eigenvalue weighted by atomic mass is 32.2. The van der Waals surface area contributed by atoms with Gasteiger partial charge in [0.1, 0.15) is 17.8 Å². The fourth-order valence-electron chi connectivity index (χ4n) is 2.82. The minimum atomic E-state index is -1.42. The van der Waals surface area contributed by atoms with Crippen LogP contribution in [0.3, 0.4) is 0 Å². The maximum absolute atomic E-state index is 12.5. The Labute approximate surface area is 200 Å². The Bertz CT molecular complexity index is 865. The molecule has 0 aromatic heterocycles. The summed E-state index contributed by atoms with van der Waals surface area (Å²) in [5.74, 6) is -4.07. The Kier molecular flexibility index (Phi) is 12.5. The number of thioether (sulfide) groups is 1. The van der Waals surface area contributed by atoms with Gasteiger partial charge in [0, 0.05) is 6.42 Å². The molecule has 12 nitrogen and oxygen atoms in total. The van der Waals surface area contributed by atoms with Gasteiger partial charge in [-0.3, -0.25) is 19.2 Å². The van der Waals surface area contributed by atoms with E-state index in [0.29, 0.717) is 5.75 Å². The number of aromatic hydroxyl groups is 1. The monoisotopic (exact) mass is 498 g/mol. The molecule has 1 rings (SSSR count). The molecule has 0 radical (unpaired) electrons. The number of phenolic OH excluding ortho intramolecular Hbond substituents is 1. The zero-order valence-corrected chi connectivity index (χ0v) is 19.5. The van der Waals surface area contributed by atoms with Crippen LogP contribution in [0.4, 0.5) is 0 Å². The number of carbonyl (C=O) groups is 5. The van der Waals surface area contributed by atoms with Gasteiger partial charge in [0.05, 0.1) is 12.6 Å². The van der Waals surface area contributed by atoms with Gasteiger partial charge >= 0.3 is 11.9 Å². The Morgan fingerprint density at radius 3 is 2.18 bits per heavy atom. The third-order valence-electron chi connectivity index (χ3n) is 4.68. The van der Waals surface area contributed by atoms with E-state index in [1.807, 2.05) is 0 Å². The molecule has 34 heavy (non-hydrogen) atoms. The number of carbonyl (C=O) groups excluding carboxylic acids is 3. The minimum absolute atomic E-state index is 0.0788. The van der Waals surface area contributed by atoms with E-state index in [1.54, 1.807) is 18.4 Å². The minimum Gasteiger partial charge on any atom is -0.508 e. The Morgan fingerprint density at radius 2 is 1.62 bits per heavy atom. The van der Waals surface area contributed by atoms with E-state index in [2.05, 4.69) is 16.0 Å². The van der Waals surface area contributed by atoms with E-state index in [-0.39, 0.29) is 25.0 Å². The molecule has 0 aliphatic rings. The lowest BCUT2D eigenvalue weighted by Gasteiger charge is -2.21. The van der Waals surface area contributed by atoms with Crippen molar-refractivity contribution >= 4 is 41.4 Å². The molecule has 0 fully saturated rings. The van der Waals surface area contributed by atoms with E-state index < -0.39 is 60.8 Å².